The Labute approximate surface area is 151 Å². The normalized spacial score (nSPS) is 15.3. The lowest BCUT2D eigenvalue weighted by Crippen LogP contribution is -2.45. The molecule has 126 valence electrons. The van der Waals surface area contributed by atoms with E-state index in [0.29, 0.717) is 15.6 Å². The molecule has 2 heterocycles. The number of piperidine rings is 1. The van der Waals surface area contributed by atoms with E-state index in [2.05, 4.69) is 20.2 Å². The van der Waals surface area contributed by atoms with Gasteiger partial charge in [-0.25, -0.2) is 9.97 Å². The summed E-state index contributed by atoms with van der Waals surface area (Å²) in [6.07, 6.45) is 5.40. The number of nitrogens with zero attached hydrogens (tertiary/aromatic N) is 3. The lowest BCUT2D eigenvalue weighted by Gasteiger charge is -2.32. The van der Waals surface area contributed by atoms with Gasteiger partial charge in [-0.3, -0.25) is 4.79 Å². The summed E-state index contributed by atoms with van der Waals surface area (Å²) in [5, 5.41) is 4.11. The first-order valence-electron chi connectivity index (χ1n) is 7.87. The fourth-order valence-electron chi connectivity index (χ4n) is 2.82. The van der Waals surface area contributed by atoms with Crippen molar-refractivity contribution in [1.82, 2.24) is 15.3 Å². The largest absolute Gasteiger partial charge is 0.353 e. The zero-order chi connectivity index (χ0) is 16.9. The van der Waals surface area contributed by atoms with Gasteiger partial charge in [-0.15, -0.1) is 0 Å². The van der Waals surface area contributed by atoms with Crippen molar-refractivity contribution >= 4 is 35.1 Å². The van der Waals surface area contributed by atoms with E-state index in [0.717, 1.165) is 31.9 Å². The smallest absolute Gasteiger partial charge is 0.225 e. The van der Waals surface area contributed by atoms with Crippen LogP contribution in [0.25, 0.3) is 0 Å². The van der Waals surface area contributed by atoms with E-state index in [-0.39, 0.29) is 18.4 Å². The molecule has 0 unspecified atom stereocenters. The maximum atomic E-state index is 12.3. The molecule has 0 aliphatic carbocycles. The third-order valence-electron chi connectivity index (χ3n) is 4.09. The number of rotatable bonds is 4. The van der Waals surface area contributed by atoms with Crippen molar-refractivity contribution in [1.29, 1.82) is 0 Å². The molecule has 0 radical (unpaired) electrons. The quantitative estimate of drug-likeness (QED) is 0.905. The van der Waals surface area contributed by atoms with Gasteiger partial charge >= 0.3 is 0 Å². The molecular formula is C17H18Cl2N4O. The van der Waals surface area contributed by atoms with E-state index >= 15 is 0 Å². The van der Waals surface area contributed by atoms with Gasteiger partial charge in [0.1, 0.15) is 0 Å². The Morgan fingerprint density at radius 1 is 1.12 bits per heavy atom. The van der Waals surface area contributed by atoms with Crippen LogP contribution in [0, 0.1) is 0 Å². The Morgan fingerprint density at radius 3 is 2.38 bits per heavy atom. The highest BCUT2D eigenvalue weighted by atomic mass is 35.5. The topological polar surface area (TPSA) is 58.1 Å². The zero-order valence-electron chi connectivity index (χ0n) is 13.1. The van der Waals surface area contributed by atoms with Crippen LogP contribution in [-0.4, -0.2) is 35.0 Å². The second kappa shape index (κ2) is 7.81. The predicted octanol–water partition coefficient (Wildman–Crippen LogP) is 3.11. The molecule has 7 heteroatoms. The van der Waals surface area contributed by atoms with E-state index in [9.17, 15) is 4.79 Å². The number of benzene rings is 1. The van der Waals surface area contributed by atoms with Crippen molar-refractivity contribution in [2.75, 3.05) is 18.0 Å². The summed E-state index contributed by atoms with van der Waals surface area (Å²) in [6, 6.07) is 7.21. The number of hydrogen-bond acceptors (Lipinski definition) is 4. The molecular weight excluding hydrogens is 347 g/mol. The maximum absolute atomic E-state index is 12.3. The first-order valence-corrected chi connectivity index (χ1v) is 8.63. The standard InChI is InChI=1S/C17H18Cl2N4O/c18-14-3-1-4-15(19)13(14)11-16(24)22-12-5-9-23(10-6-12)17-20-7-2-8-21-17/h1-4,7-8,12H,5-6,9-11H2,(H,22,24). The number of amides is 1. The third-order valence-corrected chi connectivity index (χ3v) is 4.80. The van der Waals surface area contributed by atoms with Gasteiger partial charge in [0.15, 0.2) is 0 Å². The Kier molecular flexibility index (Phi) is 5.53. The van der Waals surface area contributed by atoms with Gasteiger partial charge in [-0.05, 0) is 36.6 Å². The molecule has 1 saturated heterocycles. The second-order valence-electron chi connectivity index (χ2n) is 5.75. The molecule has 1 aromatic carbocycles. The number of carbonyl (C=O) groups is 1. The average molecular weight is 365 g/mol. The first kappa shape index (κ1) is 17.0. The molecule has 0 atom stereocenters. The van der Waals surface area contributed by atoms with Crippen LogP contribution >= 0.6 is 23.2 Å². The molecule has 1 amide bonds. The SMILES string of the molecule is O=C(Cc1c(Cl)cccc1Cl)NC1CCN(c2ncccn2)CC1. The molecule has 0 spiro atoms. The summed E-state index contributed by atoms with van der Waals surface area (Å²) >= 11 is 12.2. The molecule has 24 heavy (non-hydrogen) atoms. The number of halogens is 2. The van der Waals surface area contributed by atoms with Gasteiger partial charge in [-0.1, -0.05) is 29.3 Å². The van der Waals surface area contributed by atoms with Gasteiger partial charge < -0.3 is 10.2 Å². The minimum Gasteiger partial charge on any atom is -0.353 e. The number of nitrogens with one attached hydrogen (secondary N) is 1. The Bertz CT molecular complexity index is 683. The van der Waals surface area contributed by atoms with Crippen molar-refractivity contribution in [3.8, 4) is 0 Å². The van der Waals surface area contributed by atoms with Crippen molar-refractivity contribution in [3.05, 3.63) is 52.3 Å². The molecule has 1 aromatic heterocycles. The Hall–Kier alpha value is -1.85. The highest BCUT2D eigenvalue weighted by Gasteiger charge is 2.22. The van der Waals surface area contributed by atoms with Crippen molar-refractivity contribution in [2.24, 2.45) is 0 Å². The van der Waals surface area contributed by atoms with Crippen LogP contribution in [0.5, 0.6) is 0 Å². The van der Waals surface area contributed by atoms with E-state index in [1.54, 1.807) is 36.7 Å². The van der Waals surface area contributed by atoms with Crippen LogP contribution in [0.2, 0.25) is 10.0 Å². The van der Waals surface area contributed by atoms with Crippen LogP contribution in [0.3, 0.4) is 0 Å². The van der Waals surface area contributed by atoms with Gasteiger partial charge in [0, 0.05) is 41.6 Å². The van der Waals surface area contributed by atoms with Crippen molar-refractivity contribution in [2.45, 2.75) is 25.3 Å². The molecule has 0 bridgehead atoms. The molecule has 1 N–H and O–H groups in total. The molecule has 1 aliphatic heterocycles. The summed E-state index contributed by atoms with van der Waals surface area (Å²) in [4.78, 5) is 22.9. The number of aromatic nitrogens is 2. The van der Waals surface area contributed by atoms with Gasteiger partial charge in [-0.2, -0.15) is 0 Å². The minimum absolute atomic E-state index is 0.0561. The summed E-state index contributed by atoms with van der Waals surface area (Å²) in [7, 11) is 0. The fourth-order valence-corrected chi connectivity index (χ4v) is 3.35. The third kappa shape index (κ3) is 4.16. The van der Waals surface area contributed by atoms with Gasteiger partial charge in [0.25, 0.3) is 0 Å². The average Bonchev–Trinajstić information content (AvgIpc) is 2.60. The minimum atomic E-state index is -0.0561. The first-order chi connectivity index (χ1) is 11.6. The Morgan fingerprint density at radius 2 is 1.75 bits per heavy atom. The zero-order valence-corrected chi connectivity index (χ0v) is 14.6. The highest BCUT2D eigenvalue weighted by molar-refractivity contribution is 6.36. The molecule has 3 rings (SSSR count). The van der Waals surface area contributed by atoms with Crippen LogP contribution in [0.15, 0.2) is 36.7 Å². The molecule has 1 aliphatic rings. The summed E-state index contributed by atoms with van der Waals surface area (Å²) in [5.41, 5.74) is 0.674. The van der Waals surface area contributed by atoms with E-state index in [1.807, 2.05) is 0 Å². The van der Waals surface area contributed by atoms with E-state index in [4.69, 9.17) is 23.2 Å². The summed E-state index contributed by atoms with van der Waals surface area (Å²) < 4.78 is 0. The molecule has 5 nitrogen and oxygen atoms in total. The van der Waals surface area contributed by atoms with Crippen molar-refractivity contribution in [3.63, 3.8) is 0 Å². The van der Waals surface area contributed by atoms with Gasteiger partial charge in [0.05, 0.1) is 6.42 Å². The van der Waals surface area contributed by atoms with Crippen LogP contribution < -0.4 is 10.2 Å². The maximum Gasteiger partial charge on any atom is 0.225 e. The second-order valence-corrected chi connectivity index (χ2v) is 6.57. The summed E-state index contributed by atoms with van der Waals surface area (Å²) in [5.74, 6) is 0.685. The lowest BCUT2D eigenvalue weighted by atomic mass is 10.0. The fraction of sp³-hybridized carbons (Fsp3) is 0.353. The highest BCUT2D eigenvalue weighted by Crippen LogP contribution is 2.25. The van der Waals surface area contributed by atoms with E-state index in [1.165, 1.54) is 0 Å². The van der Waals surface area contributed by atoms with E-state index < -0.39 is 0 Å². The Balaban J connectivity index is 1.52. The summed E-state index contributed by atoms with van der Waals surface area (Å²) in [6.45, 7) is 1.64. The number of anilines is 1. The van der Waals surface area contributed by atoms with Crippen LogP contribution in [-0.2, 0) is 11.2 Å². The molecule has 2 aromatic rings. The van der Waals surface area contributed by atoms with Crippen LogP contribution in [0.4, 0.5) is 5.95 Å². The van der Waals surface area contributed by atoms with Gasteiger partial charge in [0.2, 0.25) is 11.9 Å². The molecule has 1 fully saturated rings. The predicted molar refractivity (Wildman–Crippen MR) is 95.6 cm³/mol. The number of hydrogen-bond donors (Lipinski definition) is 1. The van der Waals surface area contributed by atoms with Crippen molar-refractivity contribution < 1.29 is 4.79 Å². The monoisotopic (exact) mass is 364 g/mol. The van der Waals surface area contributed by atoms with Crippen LogP contribution in [0.1, 0.15) is 18.4 Å². The number of carbonyl (C=O) groups excluding carboxylic acids is 1. The lowest BCUT2D eigenvalue weighted by molar-refractivity contribution is -0.121. The molecule has 0 saturated carbocycles.